The molecular weight excluding hydrogens is 246 g/mol. The van der Waals surface area contributed by atoms with Gasteiger partial charge in [0.05, 0.1) is 6.54 Å². The number of rotatable bonds is 7. The molecule has 0 aliphatic heterocycles. The Morgan fingerprint density at radius 1 is 1.47 bits per heavy atom. The Morgan fingerprint density at radius 2 is 2.21 bits per heavy atom. The van der Waals surface area contributed by atoms with E-state index < -0.39 is 0 Å². The lowest BCUT2D eigenvalue weighted by molar-refractivity contribution is -0.135. The molecule has 0 spiro atoms. The summed E-state index contributed by atoms with van der Waals surface area (Å²) in [7, 11) is 0. The van der Waals surface area contributed by atoms with Gasteiger partial charge in [0, 0.05) is 19.0 Å². The van der Waals surface area contributed by atoms with Crippen LogP contribution < -0.4 is 5.32 Å². The number of aromatic nitrogens is 1. The van der Waals surface area contributed by atoms with Gasteiger partial charge >= 0.3 is 0 Å². The van der Waals surface area contributed by atoms with E-state index in [2.05, 4.69) is 15.0 Å². The molecule has 0 aliphatic rings. The number of carbonyl (C=O) groups excluding carboxylic acids is 2. The third kappa shape index (κ3) is 5.54. The standard InChI is InChI=1S/C13H21N3O3/c1-4-6-16(13(18)8-10(2)3)9-12(17)14-11-5-7-19-15-11/h5,7,10H,4,6,8-9H2,1-3H3,(H,14,15,17). The summed E-state index contributed by atoms with van der Waals surface area (Å²) in [6.45, 7) is 6.57. The van der Waals surface area contributed by atoms with Crippen molar-refractivity contribution in [3.05, 3.63) is 12.3 Å². The fourth-order valence-corrected chi connectivity index (χ4v) is 1.67. The fraction of sp³-hybridized carbons (Fsp3) is 0.615. The minimum absolute atomic E-state index is 0.00662. The molecule has 0 saturated heterocycles. The van der Waals surface area contributed by atoms with Gasteiger partial charge < -0.3 is 14.7 Å². The lowest BCUT2D eigenvalue weighted by atomic mass is 10.1. The molecule has 2 amide bonds. The smallest absolute Gasteiger partial charge is 0.245 e. The molecule has 0 atom stereocenters. The molecule has 0 radical (unpaired) electrons. The molecule has 0 unspecified atom stereocenters. The summed E-state index contributed by atoms with van der Waals surface area (Å²) in [5.41, 5.74) is 0. The Kier molecular flexibility index (Phi) is 6.05. The Hall–Kier alpha value is -1.85. The van der Waals surface area contributed by atoms with Crippen molar-refractivity contribution in [2.75, 3.05) is 18.4 Å². The van der Waals surface area contributed by atoms with Crippen LogP contribution in [0.5, 0.6) is 0 Å². The Labute approximate surface area is 113 Å². The highest BCUT2D eigenvalue weighted by Crippen LogP contribution is 2.06. The lowest BCUT2D eigenvalue weighted by Crippen LogP contribution is -2.39. The second-order valence-corrected chi connectivity index (χ2v) is 4.85. The number of hydrogen-bond acceptors (Lipinski definition) is 4. The van der Waals surface area contributed by atoms with Gasteiger partial charge in [-0.3, -0.25) is 9.59 Å². The molecule has 1 aromatic heterocycles. The lowest BCUT2D eigenvalue weighted by Gasteiger charge is -2.22. The van der Waals surface area contributed by atoms with Gasteiger partial charge in [-0.05, 0) is 12.3 Å². The van der Waals surface area contributed by atoms with Crippen molar-refractivity contribution in [1.82, 2.24) is 10.1 Å². The van der Waals surface area contributed by atoms with Crippen molar-refractivity contribution in [3.63, 3.8) is 0 Å². The highest BCUT2D eigenvalue weighted by atomic mass is 16.5. The van der Waals surface area contributed by atoms with E-state index in [1.807, 2.05) is 20.8 Å². The van der Waals surface area contributed by atoms with Crippen LogP contribution in [0.2, 0.25) is 0 Å². The van der Waals surface area contributed by atoms with E-state index >= 15 is 0 Å². The fourth-order valence-electron chi connectivity index (χ4n) is 1.67. The van der Waals surface area contributed by atoms with Crippen molar-refractivity contribution in [3.8, 4) is 0 Å². The number of anilines is 1. The highest BCUT2D eigenvalue weighted by molar-refractivity contribution is 5.93. The summed E-state index contributed by atoms with van der Waals surface area (Å²) in [5, 5.41) is 6.17. The molecule has 0 aromatic carbocycles. The highest BCUT2D eigenvalue weighted by Gasteiger charge is 2.17. The zero-order chi connectivity index (χ0) is 14.3. The Morgan fingerprint density at radius 3 is 2.74 bits per heavy atom. The molecule has 0 aliphatic carbocycles. The van der Waals surface area contributed by atoms with Crippen LogP contribution >= 0.6 is 0 Å². The van der Waals surface area contributed by atoms with Crippen LogP contribution in [-0.4, -0.2) is 35.0 Å². The number of carbonyl (C=O) groups is 2. The van der Waals surface area contributed by atoms with E-state index in [1.54, 1.807) is 11.0 Å². The summed E-state index contributed by atoms with van der Waals surface area (Å²) in [4.78, 5) is 25.4. The Balaban J connectivity index is 2.52. The van der Waals surface area contributed by atoms with Crippen LogP contribution in [0, 0.1) is 5.92 Å². The van der Waals surface area contributed by atoms with Gasteiger partial charge in [-0.1, -0.05) is 25.9 Å². The average molecular weight is 267 g/mol. The Bertz CT molecular complexity index is 401. The molecule has 106 valence electrons. The number of nitrogens with zero attached hydrogens (tertiary/aromatic N) is 2. The first-order valence-corrected chi connectivity index (χ1v) is 6.51. The second kappa shape index (κ2) is 7.56. The minimum atomic E-state index is -0.264. The molecule has 1 heterocycles. The number of hydrogen-bond donors (Lipinski definition) is 1. The van der Waals surface area contributed by atoms with Crippen molar-refractivity contribution in [2.45, 2.75) is 33.6 Å². The van der Waals surface area contributed by atoms with Crippen molar-refractivity contribution < 1.29 is 14.1 Å². The summed E-state index contributed by atoms with van der Waals surface area (Å²) >= 11 is 0. The van der Waals surface area contributed by atoms with Gasteiger partial charge in [0.25, 0.3) is 0 Å². The molecule has 6 nitrogen and oxygen atoms in total. The third-order valence-electron chi connectivity index (χ3n) is 2.47. The largest absolute Gasteiger partial charge is 0.363 e. The maximum atomic E-state index is 12.0. The first-order chi connectivity index (χ1) is 9.02. The van der Waals surface area contributed by atoms with Crippen LogP contribution in [0.25, 0.3) is 0 Å². The van der Waals surface area contributed by atoms with Gasteiger partial charge in [0.2, 0.25) is 11.8 Å². The van der Waals surface area contributed by atoms with Crippen LogP contribution in [0.3, 0.4) is 0 Å². The van der Waals surface area contributed by atoms with Gasteiger partial charge in [-0.15, -0.1) is 0 Å². The predicted molar refractivity (Wildman–Crippen MR) is 71.5 cm³/mol. The summed E-state index contributed by atoms with van der Waals surface area (Å²) in [5.74, 6) is 0.384. The molecule has 0 bridgehead atoms. The molecule has 19 heavy (non-hydrogen) atoms. The summed E-state index contributed by atoms with van der Waals surface area (Å²) < 4.78 is 4.62. The van der Waals surface area contributed by atoms with Gasteiger partial charge in [0.1, 0.15) is 6.26 Å². The molecular formula is C13H21N3O3. The van der Waals surface area contributed by atoms with E-state index in [0.717, 1.165) is 6.42 Å². The summed E-state index contributed by atoms with van der Waals surface area (Å²) in [6.07, 6.45) is 2.65. The van der Waals surface area contributed by atoms with E-state index in [9.17, 15) is 9.59 Å². The zero-order valence-corrected chi connectivity index (χ0v) is 11.7. The summed E-state index contributed by atoms with van der Waals surface area (Å²) in [6, 6.07) is 1.55. The molecule has 6 heteroatoms. The van der Waals surface area contributed by atoms with E-state index in [4.69, 9.17) is 0 Å². The van der Waals surface area contributed by atoms with Crippen LogP contribution in [0.1, 0.15) is 33.6 Å². The minimum Gasteiger partial charge on any atom is -0.363 e. The van der Waals surface area contributed by atoms with Crippen molar-refractivity contribution in [1.29, 1.82) is 0 Å². The number of nitrogens with one attached hydrogen (secondary N) is 1. The molecule has 1 rings (SSSR count). The maximum absolute atomic E-state index is 12.0. The first kappa shape index (κ1) is 15.2. The normalized spacial score (nSPS) is 10.5. The van der Waals surface area contributed by atoms with Crippen LogP contribution in [0.4, 0.5) is 5.82 Å². The van der Waals surface area contributed by atoms with E-state index in [1.165, 1.54) is 6.26 Å². The van der Waals surface area contributed by atoms with Gasteiger partial charge in [-0.25, -0.2) is 0 Å². The first-order valence-electron chi connectivity index (χ1n) is 6.51. The van der Waals surface area contributed by atoms with Crippen molar-refractivity contribution >= 4 is 17.6 Å². The van der Waals surface area contributed by atoms with Crippen LogP contribution in [0.15, 0.2) is 16.9 Å². The van der Waals surface area contributed by atoms with Crippen LogP contribution in [-0.2, 0) is 9.59 Å². The van der Waals surface area contributed by atoms with E-state index in [0.29, 0.717) is 18.8 Å². The third-order valence-corrected chi connectivity index (χ3v) is 2.47. The molecule has 1 aromatic rings. The average Bonchev–Trinajstić information content (AvgIpc) is 2.80. The predicted octanol–water partition coefficient (Wildman–Crippen LogP) is 1.90. The second-order valence-electron chi connectivity index (χ2n) is 4.85. The quantitative estimate of drug-likeness (QED) is 0.818. The SMILES string of the molecule is CCCN(CC(=O)Nc1ccon1)C(=O)CC(C)C. The van der Waals surface area contributed by atoms with E-state index in [-0.39, 0.29) is 24.3 Å². The monoisotopic (exact) mass is 267 g/mol. The topological polar surface area (TPSA) is 75.4 Å². The van der Waals surface area contributed by atoms with Gasteiger partial charge in [0.15, 0.2) is 5.82 Å². The molecule has 0 saturated carbocycles. The maximum Gasteiger partial charge on any atom is 0.245 e. The van der Waals surface area contributed by atoms with Crippen molar-refractivity contribution in [2.24, 2.45) is 5.92 Å². The molecule has 1 N–H and O–H groups in total. The zero-order valence-electron chi connectivity index (χ0n) is 11.7. The van der Waals surface area contributed by atoms with Gasteiger partial charge in [-0.2, -0.15) is 0 Å². The molecule has 0 fully saturated rings. The number of amides is 2.